The summed E-state index contributed by atoms with van der Waals surface area (Å²) >= 11 is 5.88. The van der Waals surface area contributed by atoms with Crippen molar-refractivity contribution in [3.63, 3.8) is 0 Å². The van der Waals surface area contributed by atoms with Crippen molar-refractivity contribution < 1.29 is 14.1 Å². The van der Waals surface area contributed by atoms with Gasteiger partial charge in [-0.05, 0) is 12.5 Å². The summed E-state index contributed by atoms with van der Waals surface area (Å²) in [6.07, 6.45) is 3.73. The molecule has 0 radical (unpaired) electrons. The van der Waals surface area contributed by atoms with Crippen LogP contribution in [0.2, 0.25) is 5.02 Å². The van der Waals surface area contributed by atoms with E-state index in [1.54, 1.807) is 6.26 Å². The number of nitrogens with one attached hydrogen (secondary N) is 1. The third-order valence-electron chi connectivity index (χ3n) is 2.02. The Bertz CT molecular complexity index is 440. The zero-order valence-electron chi connectivity index (χ0n) is 9.27. The second-order valence-electron chi connectivity index (χ2n) is 3.38. The Morgan fingerprint density at radius 3 is 2.94 bits per heavy atom. The maximum Gasteiger partial charge on any atom is 0.337 e. The molecule has 1 aromatic rings. The van der Waals surface area contributed by atoms with Crippen molar-refractivity contribution in [1.82, 2.24) is 4.98 Å². The summed E-state index contributed by atoms with van der Waals surface area (Å²) in [6.45, 7) is 0.551. The lowest BCUT2D eigenvalue weighted by Gasteiger charge is -2.08. The van der Waals surface area contributed by atoms with Crippen molar-refractivity contribution in [1.29, 1.82) is 0 Å². The first-order valence-corrected chi connectivity index (χ1v) is 7.04. The topological polar surface area (TPSA) is 79.3 Å². The second kappa shape index (κ2) is 6.56. The van der Waals surface area contributed by atoms with E-state index >= 15 is 0 Å². The maximum atomic E-state index is 10.8. The zero-order valence-corrected chi connectivity index (χ0v) is 10.8. The minimum Gasteiger partial charge on any atom is -0.478 e. The molecule has 17 heavy (non-hydrogen) atoms. The number of aromatic carboxylic acids is 1. The van der Waals surface area contributed by atoms with E-state index in [0.29, 0.717) is 24.5 Å². The van der Waals surface area contributed by atoms with E-state index < -0.39 is 16.8 Å². The van der Waals surface area contributed by atoms with E-state index in [1.165, 1.54) is 12.3 Å². The van der Waals surface area contributed by atoms with E-state index in [-0.39, 0.29) is 10.6 Å². The molecule has 0 bridgehead atoms. The molecule has 1 rings (SSSR count). The van der Waals surface area contributed by atoms with Crippen molar-refractivity contribution in [2.75, 3.05) is 23.9 Å². The number of hydrogen-bond acceptors (Lipinski definition) is 4. The summed E-state index contributed by atoms with van der Waals surface area (Å²) in [5.74, 6) is -0.160. The van der Waals surface area contributed by atoms with E-state index in [1.807, 2.05) is 0 Å². The molecule has 0 aliphatic heterocycles. The number of pyridine rings is 1. The van der Waals surface area contributed by atoms with Gasteiger partial charge < -0.3 is 10.4 Å². The summed E-state index contributed by atoms with van der Waals surface area (Å²) in [5.41, 5.74) is 0.0169. The summed E-state index contributed by atoms with van der Waals surface area (Å²) in [5, 5.41) is 11.9. The minimum atomic E-state index is -1.09. The van der Waals surface area contributed by atoms with Gasteiger partial charge in [0, 0.05) is 35.5 Å². The largest absolute Gasteiger partial charge is 0.478 e. The first-order chi connectivity index (χ1) is 8.02. The van der Waals surface area contributed by atoms with Gasteiger partial charge in [-0.25, -0.2) is 9.78 Å². The van der Waals surface area contributed by atoms with Gasteiger partial charge in [-0.2, -0.15) is 0 Å². The quantitative estimate of drug-likeness (QED) is 0.772. The normalized spacial score (nSPS) is 12.1. The highest BCUT2D eigenvalue weighted by Gasteiger charge is 2.12. The molecule has 0 aliphatic rings. The average Bonchev–Trinajstić information content (AvgIpc) is 2.25. The van der Waals surface area contributed by atoms with Crippen molar-refractivity contribution >= 4 is 34.2 Å². The number of carboxylic acid groups (broad SMARTS) is 1. The highest BCUT2D eigenvalue weighted by molar-refractivity contribution is 7.84. The fourth-order valence-electron chi connectivity index (χ4n) is 1.21. The molecule has 1 unspecified atom stereocenters. The van der Waals surface area contributed by atoms with Crippen LogP contribution in [-0.4, -0.2) is 38.8 Å². The molecule has 1 heterocycles. The van der Waals surface area contributed by atoms with Gasteiger partial charge in [-0.1, -0.05) is 11.6 Å². The molecule has 1 aromatic heterocycles. The summed E-state index contributed by atoms with van der Waals surface area (Å²) in [4.78, 5) is 14.8. The van der Waals surface area contributed by atoms with Gasteiger partial charge in [-0.15, -0.1) is 0 Å². The van der Waals surface area contributed by atoms with Gasteiger partial charge in [0.25, 0.3) is 0 Å². The number of anilines is 1. The van der Waals surface area contributed by atoms with Crippen LogP contribution < -0.4 is 5.32 Å². The van der Waals surface area contributed by atoms with E-state index in [4.69, 9.17) is 16.7 Å². The molecule has 0 aliphatic carbocycles. The third-order valence-corrected chi connectivity index (χ3v) is 3.27. The maximum absolute atomic E-state index is 10.8. The van der Waals surface area contributed by atoms with Gasteiger partial charge >= 0.3 is 5.97 Å². The Labute approximate surface area is 107 Å². The second-order valence-corrected chi connectivity index (χ2v) is 5.32. The minimum absolute atomic E-state index is 0.0169. The molecular weight excluding hydrogens is 264 g/mol. The summed E-state index contributed by atoms with van der Waals surface area (Å²) in [6, 6.07) is 1.34. The van der Waals surface area contributed by atoms with Crippen LogP contribution in [0.25, 0.3) is 0 Å². The molecule has 7 heteroatoms. The Balaban J connectivity index is 2.62. The smallest absolute Gasteiger partial charge is 0.337 e. The molecule has 0 saturated heterocycles. The lowest BCUT2D eigenvalue weighted by Crippen LogP contribution is -2.09. The fourth-order valence-corrected chi connectivity index (χ4v) is 2.02. The Morgan fingerprint density at radius 2 is 2.35 bits per heavy atom. The molecule has 2 N–H and O–H groups in total. The van der Waals surface area contributed by atoms with Crippen molar-refractivity contribution in [2.45, 2.75) is 6.42 Å². The number of carboxylic acids is 1. The van der Waals surface area contributed by atoms with Gasteiger partial charge in [0.1, 0.15) is 5.82 Å². The summed E-state index contributed by atoms with van der Waals surface area (Å²) < 4.78 is 10.8. The summed E-state index contributed by atoms with van der Waals surface area (Å²) in [7, 11) is -0.828. The van der Waals surface area contributed by atoms with Crippen LogP contribution in [0.15, 0.2) is 12.3 Å². The highest BCUT2D eigenvalue weighted by atomic mass is 35.5. The third kappa shape index (κ3) is 4.32. The molecule has 94 valence electrons. The Hall–Kier alpha value is -1.14. The molecular formula is C10H13ClN2O3S. The van der Waals surface area contributed by atoms with Crippen molar-refractivity contribution in [2.24, 2.45) is 0 Å². The predicted octanol–water partition coefficient (Wildman–Crippen LogP) is 1.61. The predicted molar refractivity (Wildman–Crippen MR) is 68.2 cm³/mol. The van der Waals surface area contributed by atoms with Crippen LogP contribution in [0.4, 0.5) is 5.82 Å². The lowest BCUT2D eigenvalue weighted by atomic mass is 10.2. The lowest BCUT2D eigenvalue weighted by molar-refractivity contribution is 0.0697. The molecule has 0 saturated carbocycles. The van der Waals surface area contributed by atoms with E-state index in [2.05, 4.69) is 10.3 Å². The van der Waals surface area contributed by atoms with Crippen LogP contribution in [0.5, 0.6) is 0 Å². The van der Waals surface area contributed by atoms with E-state index in [0.717, 1.165) is 0 Å². The Morgan fingerprint density at radius 1 is 1.65 bits per heavy atom. The molecule has 5 nitrogen and oxygen atoms in total. The SMILES string of the molecule is CS(=O)CCCNc1nccc(C(=O)O)c1Cl. The van der Waals surface area contributed by atoms with Gasteiger partial charge in [-0.3, -0.25) is 4.21 Å². The van der Waals surface area contributed by atoms with Gasteiger partial charge in [0.15, 0.2) is 0 Å². The zero-order chi connectivity index (χ0) is 12.8. The number of hydrogen-bond donors (Lipinski definition) is 2. The van der Waals surface area contributed by atoms with Crippen LogP contribution in [0.3, 0.4) is 0 Å². The molecule has 0 fully saturated rings. The van der Waals surface area contributed by atoms with Crippen LogP contribution in [-0.2, 0) is 10.8 Å². The first kappa shape index (κ1) is 13.9. The van der Waals surface area contributed by atoms with E-state index in [9.17, 15) is 9.00 Å². The monoisotopic (exact) mass is 276 g/mol. The molecule has 0 spiro atoms. The fraction of sp³-hybridized carbons (Fsp3) is 0.400. The number of nitrogens with zero attached hydrogens (tertiary/aromatic N) is 1. The average molecular weight is 277 g/mol. The van der Waals surface area contributed by atoms with Crippen molar-refractivity contribution in [3.8, 4) is 0 Å². The van der Waals surface area contributed by atoms with Crippen LogP contribution >= 0.6 is 11.6 Å². The van der Waals surface area contributed by atoms with Gasteiger partial charge in [0.2, 0.25) is 0 Å². The standard InChI is InChI=1S/C10H13ClN2O3S/c1-17(16)6-2-4-12-9-8(11)7(10(14)15)3-5-13-9/h3,5H,2,4,6H2,1H3,(H,12,13)(H,14,15). The number of halogens is 1. The van der Waals surface area contributed by atoms with Crippen molar-refractivity contribution in [3.05, 3.63) is 22.8 Å². The molecule has 0 amide bonds. The molecule has 1 atom stereocenters. The number of carbonyl (C=O) groups is 1. The van der Waals surface area contributed by atoms with Crippen LogP contribution in [0, 0.1) is 0 Å². The number of aromatic nitrogens is 1. The molecule has 0 aromatic carbocycles. The first-order valence-electron chi connectivity index (χ1n) is 4.94. The van der Waals surface area contributed by atoms with Crippen LogP contribution in [0.1, 0.15) is 16.8 Å². The number of rotatable bonds is 6. The Kier molecular flexibility index (Phi) is 5.37. The van der Waals surface area contributed by atoms with Gasteiger partial charge in [0.05, 0.1) is 10.6 Å². The highest BCUT2D eigenvalue weighted by Crippen LogP contribution is 2.23.